The molecule has 0 unspecified atom stereocenters. The van der Waals surface area contributed by atoms with Crippen molar-refractivity contribution in [3.63, 3.8) is 0 Å². The fraction of sp³-hybridized carbons (Fsp3) is 0.103. The van der Waals surface area contributed by atoms with Crippen LogP contribution in [0, 0.1) is 0 Å². The number of fused-ring (bicyclic) bond motifs is 2. The summed E-state index contributed by atoms with van der Waals surface area (Å²) in [5.41, 5.74) is 2.25. The Morgan fingerprint density at radius 1 is 0.500 bits per heavy atom. The molecular weight excluding hydrogens is 396 g/mol. The third-order valence-corrected chi connectivity index (χ3v) is 5.58. The Hall–Kier alpha value is -3.98. The Morgan fingerprint density at radius 3 is 1.50 bits per heavy atom. The molecule has 3 heteroatoms. The summed E-state index contributed by atoms with van der Waals surface area (Å²) in [5, 5.41) is 4.03. The van der Waals surface area contributed by atoms with Gasteiger partial charge in [-0.15, -0.1) is 0 Å². The summed E-state index contributed by atoms with van der Waals surface area (Å²) in [5.74, 6) is 2.48. The predicted octanol–water partition coefficient (Wildman–Crippen LogP) is 7.16. The second kappa shape index (κ2) is 9.03. The lowest BCUT2D eigenvalue weighted by atomic mass is 10.00. The van der Waals surface area contributed by atoms with Crippen LogP contribution in [0.25, 0.3) is 21.5 Å². The molecule has 0 amide bonds. The number of methoxy groups -OCH3 is 1. The van der Waals surface area contributed by atoms with Crippen molar-refractivity contribution in [2.75, 3.05) is 7.11 Å². The van der Waals surface area contributed by atoms with Gasteiger partial charge in [0, 0.05) is 21.5 Å². The lowest BCUT2D eigenvalue weighted by molar-refractivity contribution is 0.308. The monoisotopic (exact) mass is 420 g/mol. The molecule has 0 N–H and O–H groups in total. The van der Waals surface area contributed by atoms with Crippen LogP contribution in [0.15, 0.2) is 103 Å². The zero-order valence-electron chi connectivity index (χ0n) is 18.0. The maximum atomic E-state index is 6.42. The van der Waals surface area contributed by atoms with Crippen molar-refractivity contribution in [1.29, 1.82) is 0 Å². The molecule has 0 spiro atoms. The summed E-state index contributed by atoms with van der Waals surface area (Å²) in [6, 6.07) is 34.7. The van der Waals surface area contributed by atoms with Crippen LogP contribution in [0.4, 0.5) is 0 Å². The van der Waals surface area contributed by atoms with Gasteiger partial charge in [0.25, 0.3) is 0 Å². The molecule has 0 aromatic heterocycles. The summed E-state index contributed by atoms with van der Waals surface area (Å²) >= 11 is 0. The van der Waals surface area contributed by atoms with Crippen molar-refractivity contribution in [3.05, 3.63) is 114 Å². The van der Waals surface area contributed by atoms with Gasteiger partial charge in [0.05, 0.1) is 7.11 Å². The van der Waals surface area contributed by atoms with Crippen LogP contribution in [0.1, 0.15) is 11.1 Å². The first-order valence-electron chi connectivity index (χ1n) is 10.7. The average Bonchev–Trinajstić information content (AvgIpc) is 2.87. The van der Waals surface area contributed by atoms with Gasteiger partial charge in [-0.2, -0.15) is 0 Å². The first kappa shape index (κ1) is 20.0. The van der Waals surface area contributed by atoms with Crippen molar-refractivity contribution in [3.8, 4) is 17.2 Å². The van der Waals surface area contributed by atoms with Crippen molar-refractivity contribution in [2.45, 2.75) is 13.2 Å². The van der Waals surface area contributed by atoms with Crippen molar-refractivity contribution >= 4 is 21.5 Å². The average molecular weight is 421 g/mol. The van der Waals surface area contributed by atoms with Gasteiger partial charge < -0.3 is 14.2 Å². The van der Waals surface area contributed by atoms with Crippen LogP contribution in [-0.2, 0) is 13.2 Å². The summed E-state index contributed by atoms with van der Waals surface area (Å²) in [6.07, 6.45) is 0. The van der Waals surface area contributed by atoms with Gasteiger partial charge in [0.1, 0.15) is 30.5 Å². The predicted molar refractivity (Wildman–Crippen MR) is 130 cm³/mol. The zero-order valence-corrected chi connectivity index (χ0v) is 18.0. The van der Waals surface area contributed by atoms with Gasteiger partial charge in [0.15, 0.2) is 0 Å². The molecule has 0 aliphatic carbocycles. The van der Waals surface area contributed by atoms with E-state index >= 15 is 0 Å². The first-order valence-corrected chi connectivity index (χ1v) is 10.7. The SMILES string of the molecule is COc1ccc2c(OCc3ccccc3)c3ccccc3c(OCc3ccccc3)c2c1. The molecular formula is C29H24O3. The van der Waals surface area contributed by atoms with Crippen LogP contribution >= 0.6 is 0 Å². The molecule has 0 aliphatic rings. The van der Waals surface area contributed by atoms with E-state index in [1.54, 1.807) is 7.11 Å². The van der Waals surface area contributed by atoms with Gasteiger partial charge >= 0.3 is 0 Å². The largest absolute Gasteiger partial charge is 0.497 e. The number of benzene rings is 5. The second-order valence-corrected chi connectivity index (χ2v) is 7.66. The van der Waals surface area contributed by atoms with Gasteiger partial charge in [-0.1, -0.05) is 84.9 Å². The first-order chi connectivity index (χ1) is 15.8. The normalized spacial score (nSPS) is 10.9. The Kier molecular flexibility index (Phi) is 5.63. The molecule has 0 saturated carbocycles. The van der Waals surface area contributed by atoms with Gasteiger partial charge in [-0.25, -0.2) is 0 Å². The van der Waals surface area contributed by atoms with Crippen molar-refractivity contribution in [2.24, 2.45) is 0 Å². The molecule has 3 nitrogen and oxygen atoms in total. The molecule has 0 bridgehead atoms. The number of hydrogen-bond acceptors (Lipinski definition) is 3. The summed E-state index contributed by atoms with van der Waals surface area (Å²) in [7, 11) is 1.68. The van der Waals surface area contributed by atoms with E-state index in [4.69, 9.17) is 14.2 Å². The van der Waals surface area contributed by atoms with E-state index in [9.17, 15) is 0 Å². The molecule has 0 fully saturated rings. The topological polar surface area (TPSA) is 27.7 Å². The van der Waals surface area contributed by atoms with E-state index in [1.807, 2.05) is 60.7 Å². The highest BCUT2D eigenvalue weighted by molar-refractivity contribution is 6.11. The van der Waals surface area contributed by atoms with Gasteiger partial charge in [-0.05, 0) is 29.3 Å². The lowest BCUT2D eigenvalue weighted by Gasteiger charge is -2.18. The fourth-order valence-electron chi connectivity index (χ4n) is 3.98. The van der Waals surface area contributed by atoms with E-state index in [2.05, 4.69) is 42.5 Å². The third kappa shape index (κ3) is 3.97. The highest BCUT2D eigenvalue weighted by atomic mass is 16.5. The van der Waals surface area contributed by atoms with Crippen LogP contribution in [0.3, 0.4) is 0 Å². The second-order valence-electron chi connectivity index (χ2n) is 7.66. The maximum Gasteiger partial charge on any atom is 0.135 e. The van der Waals surface area contributed by atoms with E-state index in [-0.39, 0.29) is 0 Å². The molecule has 5 aromatic carbocycles. The quantitative estimate of drug-likeness (QED) is 0.261. The number of hydrogen-bond donors (Lipinski definition) is 0. The molecule has 0 aliphatic heterocycles. The minimum Gasteiger partial charge on any atom is -0.497 e. The van der Waals surface area contributed by atoms with Crippen LogP contribution in [0.5, 0.6) is 17.2 Å². The maximum absolute atomic E-state index is 6.42. The summed E-state index contributed by atoms with van der Waals surface area (Å²) < 4.78 is 18.4. The molecule has 0 atom stereocenters. The molecule has 0 saturated heterocycles. The molecule has 32 heavy (non-hydrogen) atoms. The van der Waals surface area contributed by atoms with E-state index in [0.29, 0.717) is 13.2 Å². The number of ether oxygens (including phenoxy) is 3. The third-order valence-electron chi connectivity index (χ3n) is 5.58. The highest BCUT2D eigenvalue weighted by Gasteiger charge is 2.17. The Morgan fingerprint density at radius 2 is 0.969 bits per heavy atom. The number of rotatable bonds is 7. The van der Waals surface area contributed by atoms with Crippen molar-refractivity contribution < 1.29 is 14.2 Å². The van der Waals surface area contributed by atoms with Gasteiger partial charge in [-0.3, -0.25) is 0 Å². The van der Waals surface area contributed by atoms with Crippen molar-refractivity contribution in [1.82, 2.24) is 0 Å². The van der Waals surface area contributed by atoms with E-state index in [0.717, 1.165) is 49.9 Å². The van der Waals surface area contributed by atoms with Crippen LogP contribution in [-0.4, -0.2) is 7.11 Å². The molecule has 158 valence electrons. The molecule has 0 heterocycles. The van der Waals surface area contributed by atoms with E-state index in [1.165, 1.54) is 0 Å². The van der Waals surface area contributed by atoms with E-state index < -0.39 is 0 Å². The summed E-state index contributed by atoms with van der Waals surface area (Å²) in [4.78, 5) is 0. The van der Waals surface area contributed by atoms with Crippen LogP contribution < -0.4 is 14.2 Å². The highest BCUT2D eigenvalue weighted by Crippen LogP contribution is 2.44. The Labute approximate surface area is 187 Å². The Bertz CT molecular complexity index is 1350. The Balaban J connectivity index is 1.64. The molecule has 5 aromatic rings. The standard InChI is InChI=1S/C29H24O3/c1-30-23-16-17-26-27(18-23)29(32-20-22-12-6-3-7-13-22)25-15-9-8-14-24(25)28(26)31-19-21-10-4-2-5-11-21/h2-18H,19-20H2,1H3. The zero-order chi connectivity index (χ0) is 21.8. The molecule has 5 rings (SSSR count). The lowest BCUT2D eigenvalue weighted by Crippen LogP contribution is -2.00. The van der Waals surface area contributed by atoms with Crippen LogP contribution in [0.2, 0.25) is 0 Å². The fourth-order valence-corrected chi connectivity index (χ4v) is 3.98. The molecule has 0 radical (unpaired) electrons. The van der Waals surface area contributed by atoms with Gasteiger partial charge in [0.2, 0.25) is 0 Å². The summed E-state index contributed by atoms with van der Waals surface area (Å²) in [6.45, 7) is 0.984. The minimum atomic E-state index is 0.487. The minimum absolute atomic E-state index is 0.487. The smallest absolute Gasteiger partial charge is 0.135 e.